The van der Waals surface area contributed by atoms with Crippen LogP contribution in [0.4, 0.5) is 0 Å². The highest BCUT2D eigenvalue weighted by Gasteiger charge is 2.27. The van der Waals surface area contributed by atoms with E-state index in [-0.39, 0.29) is 11.6 Å². The zero-order valence-corrected chi connectivity index (χ0v) is 18.2. The largest absolute Gasteiger partial charge is 0.493 e. The van der Waals surface area contributed by atoms with Gasteiger partial charge in [-0.15, -0.1) is 0 Å². The van der Waals surface area contributed by atoms with E-state index in [1.165, 1.54) is 0 Å². The minimum absolute atomic E-state index is 0.0276. The summed E-state index contributed by atoms with van der Waals surface area (Å²) < 4.78 is 16.1. The highest BCUT2D eigenvalue weighted by atomic mass is 35.5. The molecule has 0 aliphatic heterocycles. The number of carbonyl (C=O) groups excluding carboxylic acids is 1. The van der Waals surface area contributed by atoms with E-state index in [2.05, 4.69) is 12.7 Å². The highest BCUT2D eigenvalue weighted by Crippen LogP contribution is 2.38. The Morgan fingerprint density at radius 2 is 1.90 bits per heavy atom. The third-order valence-electron chi connectivity index (χ3n) is 5.25. The number of para-hydroxylation sites is 1. The van der Waals surface area contributed by atoms with E-state index in [4.69, 9.17) is 30.8 Å². The molecule has 0 saturated heterocycles. The number of ether oxygens (including phenoxy) is 3. The summed E-state index contributed by atoms with van der Waals surface area (Å²) >= 11 is 5.79. The van der Waals surface area contributed by atoms with Crippen molar-refractivity contribution in [1.29, 1.82) is 0 Å². The van der Waals surface area contributed by atoms with Gasteiger partial charge in [0.15, 0.2) is 11.5 Å². The molecule has 0 spiro atoms. The van der Waals surface area contributed by atoms with Crippen molar-refractivity contribution in [3.8, 4) is 11.5 Å². The average Bonchev–Trinajstić information content (AvgIpc) is 3.17. The number of methoxy groups -OCH3 is 2. The molecule has 1 aliphatic carbocycles. The molecule has 0 amide bonds. The van der Waals surface area contributed by atoms with Crippen molar-refractivity contribution in [2.24, 2.45) is 0 Å². The monoisotopic (exact) mass is 435 g/mol. The third kappa shape index (κ3) is 4.14. The molecule has 2 aromatic carbocycles. The molecule has 0 N–H and O–H groups in total. The molecule has 0 atom stereocenters. The maximum atomic E-state index is 12.9. The molecule has 0 unspecified atom stereocenters. The van der Waals surface area contributed by atoms with Gasteiger partial charge in [-0.2, -0.15) is 0 Å². The molecule has 6 heteroatoms. The second-order valence-corrected chi connectivity index (χ2v) is 7.74. The van der Waals surface area contributed by atoms with Crippen molar-refractivity contribution in [3.63, 3.8) is 0 Å². The summed E-state index contributed by atoms with van der Waals surface area (Å²) in [6.45, 7) is 3.56. The first kappa shape index (κ1) is 20.9. The zero-order valence-electron chi connectivity index (χ0n) is 17.4. The molecule has 1 aliphatic rings. The molecule has 0 bridgehead atoms. The first-order chi connectivity index (χ1) is 15.0. The van der Waals surface area contributed by atoms with Crippen molar-refractivity contribution >= 4 is 40.1 Å². The Hall–Kier alpha value is -3.31. The molecule has 0 radical (unpaired) electrons. The lowest BCUT2D eigenvalue weighted by Crippen LogP contribution is -2.11. The fourth-order valence-corrected chi connectivity index (χ4v) is 3.93. The highest BCUT2D eigenvalue weighted by molar-refractivity contribution is 6.29. The van der Waals surface area contributed by atoms with Crippen LogP contribution in [0.2, 0.25) is 0 Å². The second kappa shape index (κ2) is 8.82. The Kier molecular flexibility index (Phi) is 5.96. The number of hydrogen-bond acceptors (Lipinski definition) is 5. The maximum Gasteiger partial charge on any atom is 0.339 e. The fourth-order valence-electron chi connectivity index (χ4n) is 3.87. The van der Waals surface area contributed by atoms with Gasteiger partial charge in [0.2, 0.25) is 0 Å². The summed E-state index contributed by atoms with van der Waals surface area (Å²) in [6.07, 6.45) is 3.55. The Balaban J connectivity index is 1.81. The zero-order chi connectivity index (χ0) is 22.0. The predicted molar refractivity (Wildman–Crippen MR) is 123 cm³/mol. The number of carbonyl (C=O) groups is 1. The van der Waals surface area contributed by atoms with Crippen LogP contribution in [0.15, 0.2) is 54.1 Å². The number of fused-ring (bicyclic) bond motifs is 2. The van der Waals surface area contributed by atoms with E-state index in [1.807, 2.05) is 42.5 Å². The van der Waals surface area contributed by atoms with Gasteiger partial charge in [0.25, 0.3) is 0 Å². The van der Waals surface area contributed by atoms with Crippen molar-refractivity contribution in [1.82, 2.24) is 4.98 Å². The van der Waals surface area contributed by atoms with Gasteiger partial charge >= 0.3 is 5.97 Å². The van der Waals surface area contributed by atoms with Crippen molar-refractivity contribution < 1.29 is 19.0 Å². The number of halogens is 1. The van der Waals surface area contributed by atoms with Crippen LogP contribution in [-0.2, 0) is 11.2 Å². The number of aromatic nitrogens is 1. The van der Waals surface area contributed by atoms with Crippen LogP contribution in [-0.4, -0.2) is 31.8 Å². The van der Waals surface area contributed by atoms with Crippen molar-refractivity contribution in [2.45, 2.75) is 12.8 Å². The van der Waals surface area contributed by atoms with Crippen molar-refractivity contribution in [2.75, 3.05) is 20.8 Å². The predicted octanol–water partition coefficient (Wildman–Crippen LogP) is 5.65. The van der Waals surface area contributed by atoms with Gasteiger partial charge in [-0.25, -0.2) is 9.78 Å². The van der Waals surface area contributed by atoms with Crippen LogP contribution in [0.1, 0.15) is 33.6 Å². The molecule has 158 valence electrons. The van der Waals surface area contributed by atoms with Crippen LogP contribution in [0.3, 0.4) is 0 Å². The standard InChI is InChI=1S/C25H22ClNO4/c1-15(26)14-31-25(28)23-18-6-4-5-7-20(18)27-24-17(9-10-19(23)24)12-16-8-11-21(29-2)22(13-16)30-3/h4-8,11-13H,1,9-10,14H2,2-3H3/b17-12+. The molecule has 5 nitrogen and oxygen atoms in total. The number of pyridine rings is 1. The maximum absolute atomic E-state index is 12.9. The SMILES string of the molecule is C=C(Cl)COC(=O)c1c2c(nc3ccccc13)/C(=C/c1ccc(OC)c(OC)c1)CC2. The number of allylic oxidation sites excluding steroid dienone is 1. The number of nitrogens with zero attached hydrogens (tertiary/aromatic N) is 1. The molecular formula is C25H22ClNO4. The summed E-state index contributed by atoms with van der Waals surface area (Å²) in [5.74, 6) is 0.919. The van der Waals surface area contributed by atoms with Crippen molar-refractivity contribution in [3.05, 3.63) is 76.5 Å². The second-order valence-electron chi connectivity index (χ2n) is 7.21. The molecule has 1 heterocycles. The minimum Gasteiger partial charge on any atom is -0.493 e. The number of hydrogen-bond donors (Lipinski definition) is 0. The molecule has 3 aromatic rings. The van der Waals surface area contributed by atoms with Gasteiger partial charge in [-0.3, -0.25) is 0 Å². The molecule has 0 saturated carbocycles. The van der Waals surface area contributed by atoms with Crippen LogP contribution in [0.25, 0.3) is 22.6 Å². The van der Waals surface area contributed by atoms with Gasteiger partial charge in [0, 0.05) is 10.4 Å². The van der Waals surface area contributed by atoms with E-state index in [9.17, 15) is 4.79 Å². The van der Waals surface area contributed by atoms with E-state index in [1.54, 1.807) is 14.2 Å². The van der Waals surface area contributed by atoms with Gasteiger partial charge in [-0.1, -0.05) is 42.4 Å². The summed E-state index contributed by atoms with van der Waals surface area (Å²) in [5.41, 5.74) is 5.05. The minimum atomic E-state index is -0.413. The van der Waals surface area contributed by atoms with E-state index >= 15 is 0 Å². The lowest BCUT2D eigenvalue weighted by molar-refractivity contribution is 0.0547. The summed E-state index contributed by atoms with van der Waals surface area (Å²) in [7, 11) is 3.22. The number of esters is 1. The lowest BCUT2D eigenvalue weighted by Gasteiger charge is -2.12. The number of rotatable bonds is 6. The summed E-state index contributed by atoms with van der Waals surface area (Å²) in [4.78, 5) is 17.8. The van der Waals surface area contributed by atoms with E-state index < -0.39 is 5.97 Å². The quantitative estimate of drug-likeness (QED) is 0.468. The molecule has 31 heavy (non-hydrogen) atoms. The molecule has 4 rings (SSSR count). The number of benzene rings is 2. The molecule has 0 fully saturated rings. The normalized spacial score (nSPS) is 13.8. The van der Waals surface area contributed by atoms with Gasteiger partial charge in [0.1, 0.15) is 6.61 Å². The topological polar surface area (TPSA) is 57.7 Å². The van der Waals surface area contributed by atoms with Gasteiger partial charge in [0.05, 0.1) is 31.0 Å². The smallest absolute Gasteiger partial charge is 0.339 e. The van der Waals surface area contributed by atoms with Crippen LogP contribution >= 0.6 is 11.6 Å². The Morgan fingerprint density at radius 1 is 1.13 bits per heavy atom. The Labute approximate surface area is 185 Å². The molecule has 1 aromatic heterocycles. The fraction of sp³-hybridized carbons (Fsp3) is 0.200. The van der Waals surface area contributed by atoms with Crippen LogP contribution in [0.5, 0.6) is 11.5 Å². The van der Waals surface area contributed by atoms with Crippen LogP contribution < -0.4 is 9.47 Å². The average molecular weight is 436 g/mol. The molecular weight excluding hydrogens is 414 g/mol. The lowest BCUT2D eigenvalue weighted by atomic mass is 10.0. The first-order valence-electron chi connectivity index (χ1n) is 9.86. The Morgan fingerprint density at radius 3 is 2.65 bits per heavy atom. The van der Waals surface area contributed by atoms with Gasteiger partial charge < -0.3 is 14.2 Å². The first-order valence-corrected chi connectivity index (χ1v) is 10.2. The Bertz CT molecular complexity index is 1220. The van der Waals surface area contributed by atoms with Gasteiger partial charge in [-0.05, 0) is 53.8 Å². The van der Waals surface area contributed by atoms with E-state index in [0.717, 1.165) is 39.7 Å². The summed E-state index contributed by atoms with van der Waals surface area (Å²) in [5, 5.41) is 1.05. The third-order valence-corrected chi connectivity index (χ3v) is 5.36. The van der Waals surface area contributed by atoms with E-state index in [0.29, 0.717) is 23.5 Å². The van der Waals surface area contributed by atoms with Crippen LogP contribution in [0, 0.1) is 0 Å². The summed E-state index contributed by atoms with van der Waals surface area (Å²) in [6, 6.07) is 13.4.